The van der Waals surface area contributed by atoms with E-state index < -0.39 is 17.4 Å². The van der Waals surface area contributed by atoms with Gasteiger partial charge >= 0.3 is 6.01 Å². The average molecular weight is 602 g/mol. The van der Waals surface area contributed by atoms with Crippen LogP contribution in [0.2, 0.25) is 0 Å². The van der Waals surface area contributed by atoms with Gasteiger partial charge in [-0.2, -0.15) is 9.97 Å². The molecule has 1 N–H and O–H groups in total. The van der Waals surface area contributed by atoms with E-state index in [1.807, 2.05) is 6.92 Å². The van der Waals surface area contributed by atoms with Gasteiger partial charge in [-0.25, -0.2) is 4.39 Å². The molecule has 0 radical (unpaired) electrons. The number of benzene rings is 1. The van der Waals surface area contributed by atoms with E-state index in [0.29, 0.717) is 45.2 Å². The maximum atomic E-state index is 14.4. The predicted molar refractivity (Wildman–Crippen MR) is 150 cm³/mol. The first-order valence-corrected chi connectivity index (χ1v) is 15.4. The number of aromatic nitrogens is 2. The molecule has 1 aromatic carbocycles. The van der Waals surface area contributed by atoms with Crippen LogP contribution in [0.1, 0.15) is 74.3 Å². The first-order chi connectivity index (χ1) is 18.7. The zero-order chi connectivity index (χ0) is 26.8. The van der Waals surface area contributed by atoms with Gasteiger partial charge in [-0.3, -0.25) is 4.90 Å². The van der Waals surface area contributed by atoms with Gasteiger partial charge < -0.3 is 19.5 Å². The number of halogens is 2. The molecule has 5 heterocycles. The summed E-state index contributed by atoms with van der Waals surface area (Å²) in [6, 6.07) is 6.89. The molecule has 3 fully saturated rings. The summed E-state index contributed by atoms with van der Waals surface area (Å²) < 4.78 is 28.6. The summed E-state index contributed by atoms with van der Waals surface area (Å²) >= 11 is 3.67. The van der Waals surface area contributed by atoms with Gasteiger partial charge in [-0.1, -0.05) is 22.0 Å². The van der Waals surface area contributed by atoms with Crippen LogP contribution in [-0.4, -0.2) is 70.1 Å². The third-order valence-corrected chi connectivity index (χ3v) is 10.3. The topological polar surface area (TPSA) is 71.0 Å². The lowest BCUT2D eigenvalue weighted by atomic mass is 9.75. The van der Waals surface area contributed by atoms with Crippen LogP contribution in [0.5, 0.6) is 6.01 Å². The minimum absolute atomic E-state index is 0.257. The standard InChI is InChI=1S/C30H38BrFN4O3/c1-28(37)8-3-11-35(18-28)26-23-17-39-30(10-2-5-20-6-7-21(31)13-24(20)30)15-25(23)33-27(34-26)38-19-29-9-4-12-36(29)16-22(32)14-29/h6-7,13,22,37H,2-5,8-12,14-19H2,1H3/t22?,28-,29+,30?/m1/s1. The van der Waals surface area contributed by atoms with Crippen molar-refractivity contribution in [2.24, 2.45) is 0 Å². The van der Waals surface area contributed by atoms with Crippen molar-refractivity contribution < 1.29 is 19.0 Å². The van der Waals surface area contributed by atoms with Crippen molar-refractivity contribution in [2.45, 2.75) is 94.2 Å². The lowest BCUT2D eigenvalue weighted by Gasteiger charge is -2.44. The number of hydrogen-bond donors (Lipinski definition) is 1. The molecular weight excluding hydrogens is 563 g/mol. The predicted octanol–water partition coefficient (Wildman–Crippen LogP) is 4.85. The molecule has 4 atom stereocenters. The number of ether oxygens (including phenoxy) is 2. The lowest BCUT2D eigenvalue weighted by Crippen LogP contribution is -2.47. The quantitative estimate of drug-likeness (QED) is 0.538. The highest BCUT2D eigenvalue weighted by Crippen LogP contribution is 2.47. The molecule has 0 bridgehead atoms. The molecule has 1 spiro atoms. The largest absolute Gasteiger partial charge is 0.461 e. The molecule has 4 aliphatic heterocycles. The van der Waals surface area contributed by atoms with Crippen molar-refractivity contribution in [2.75, 3.05) is 37.7 Å². The van der Waals surface area contributed by atoms with Crippen molar-refractivity contribution in [3.63, 3.8) is 0 Å². The van der Waals surface area contributed by atoms with E-state index in [1.54, 1.807) is 0 Å². The van der Waals surface area contributed by atoms with Crippen molar-refractivity contribution >= 4 is 21.7 Å². The van der Waals surface area contributed by atoms with Gasteiger partial charge in [-0.15, -0.1) is 0 Å². The number of aryl methyl sites for hydroxylation is 1. The summed E-state index contributed by atoms with van der Waals surface area (Å²) in [7, 11) is 0. The van der Waals surface area contributed by atoms with E-state index in [2.05, 4.69) is 43.9 Å². The summed E-state index contributed by atoms with van der Waals surface area (Å²) in [6.45, 7) is 5.49. The fourth-order valence-electron chi connectivity index (χ4n) is 7.92. The van der Waals surface area contributed by atoms with Crippen LogP contribution in [0.3, 0.4) is 0 Å². The summed E-state index contributed by atoms with van der Waals surface area (Å²) in [5.74, 6) is 0.811. The zero-order valence-electron chi connectivity index (χ0n) is 22.7. The highest BCUT2D eigenvalue weighted by atomic mass is 79.9. The Morgan fingerprint density at radius 3 is 2.92 bits per heavy atom. The Labute approximate surface area is 238 Å². The zero-order valence-corrected chi connectivity index (χ0v) is 24.3. The number of piperidine rings is 1. The third-order valence-electron chi connectivity index (χ3n) is 9.79. The van der Waals surface area contributed by atoms with Gasteiger partial charge in [0.25, 0.3) is 0 Å². The molecule has 1 aliphatic carbocycles. The second-order valence-electron chi connectivity index (χ2n) is 12.8. The number of fused-ring (bicyclic) bond motifs is 4. The molecule has 0 saturated carbocycles. The van der Waals surface area contributed by atoms with Gasteiger partial charge in [0, 0.05) is 42.5 Å². The number of rotatable bonds is 4. The molecule has 5 aliphatic rings. The van der Waals surface area contributed by atoms with E-state index >= 15 is 0 Å². The van der Waals surface area contributed by atoms with Crippen LogP contribution in [0, 0.1) is 0 Å². The Bertz CT molecular complexity index is 1280. The number of β-amino-alcohol motifs (C(OH)–C–C–N with tert-alkyl or cyclic N) is 1. The van der Waals surface area contributed by atoms with Crippen LogP contribution in [-0.2, 0) is 29.8 Å². The molecule has 39 heavy (non-hydrogen) atoms. The van der Waals surface area contributed by atoms with Gasteiger partial charge in [0.2, 0.25) is 0 Å². The summed E-state index contributed by atoms with van der Waals surface area (Å²) in [5, 5.41) is 10.9. The highest BCUT2D eigenvalue weighted by molar-refractivity contribution is 9.10. The van der Waals surface area contributed by atoms with Crippen LogP contribution >= 0.6 is 15.9 Å². The van der Waals surface area contributed by atoms with E-state index in [1.165, 1.54) is 11.1 Å². The summed E-state index contributed by atoms with van der Waals surface area (Å²) in [4.78, 5) is 14.4. The monoisotopic (exact) mass is 600 g/mol. The second kappa shape index (κ2) is 9.64. The molecule has 3 saturated heterocycles. The Kier molecular flexibility index (Phi) is 6.45. The number of anilines is 1. The van der Waals surface area contributed by atoms with Gasteiger partial charge in [-0.05, 0) is 81.7 Å². The molecule has 2 aromatic rings. The molecule has 9 heteroatoms. The maximum absolute atomic E-state index is 14.4. The Hall–Kier alpha value is -1.81. The Morgan fingerprint density at radius 1 is 1.18 bits per heavy atom. The fourth-order valence-corrected chi connectivity index (χ4v) is 8.28. The first-order valence-electron chi connectivity index (χ1n) is 14.6. The average Bonchev–Trinajstić information content (AvgIpc) is 3.42. The minimum Gasteiger partial charge on any atom is -0.461 e. The van der Waals surface area contributed by atoms with Gasteiger partial charge in [0.1, 0.15) is 18.6 Å². The molecule has 1 aromatic heterocycles. The van der Waals surface area contributed by atoms with Crippen LogP contribution in [0.4, 0.5) is 10.2 Å². The van der Waals surface area contributed by atoms with Crippen molar-refractivity contribution in [3.8, 4) is 6.01 Å². The Morgan fingerprint density at radius 2 is 2.05 bits per heavy atom. The smallest absolute Gasteiger partial charge is 0.318 e. The normalized spacial score (nSPS) is 34.2. The summed E-state index contributed by atoms with van der Waals surface area (Å²) in [6.07, 6.45) is 7.13. The van der Waals surface area contributed by atoms with Crippen LogP contribution in [0.15, 0.2) is 22.7 Å². The number of aliphatic hydroxyl groups is 1. The van der Waals surface area contributed by atoms with Gasteiger partial charge in [0.05, 0.1) is 29.0 Å². The SMILES string of the molecule is C[C@@]1(O)CCCN(c2nc(OC[C@@]34CCCN3CC(F)C4)nc3c2COC2(CCCc4ccc(Br)cc42)C3)C1. The Balaban J connectivity index is 1.25. The van der Waals surface area contributed by atoms with Crippen LogP contribution < -0.4 is 9.64 Å². The highest BCUT2D eigenvalue weighted by Gasteiger charge is 2.50. The fraction of sp³-hybridized carbons (Fsp3) is 0.667. The minimum atomic E-state index is -0.799. The van der Waals surface area contributed by atoms with E-state index in [9.17, 15) is 9.50 Å². The number of nitrogens with zero attached hydrogens (tertiary/aromatic N) is 4. The van der Waals surface area contributed by atoms with E-state index in [-0.39, 0.29) is 5.54 Å². The first kappa shape index (κ1) is 26.1. The van der Waals surface area contributed by atoms with Crippen LogP contribution in [0.25, 0.3) is 0 Å². The van der Waals surface area contributed by atoms with Gasteiger partial charge in [0.15, 0.2) is 0 Å². The van der Waals surface area contributed by atoms with E-state index in [4.69, 9.17) is 19.4 Å². The molecular formula is C30H38BrFN4O3. The van der Waals surface area contributed by atoms with E-state index in [0.717, 1.165) is 79.6 Å². The molecule has 0 amide bonds. The summed E-state index contributed by atoms with van der Waals surface area (Å²) in [5.41, 5.74) is 3.10. The number of hydrogen-bond acceptors (Lipinski definition) is 7. The molecule has 210 valence electrons. The molecule has 7 rings (SSSR count). The maximum Gasteiger partial charge on any atom is 0.318 e. The number of alkyl halides is 1. The third kappa shape index (κ3) is 4.67. The van der Waals surface area contributed by atoms with Crippen molar-refractivity contribution in [1.29, 1.82) is 0 Å². The molecule has 7 nitrogen and oxygen atoms in total. The molecule has 2 unspecified atom stereocenters. The van der Waals surface area contributed by atoms with Crippen molar-refractivity contribution in [3.05, 3.63) is 45.1 Å². The van der Waals surface area contributed by atoms with Crippen molar-refractivity contribution in [1.82, 2.24) is 14.9 Å². The second-order valence-corrected chi connectivity index (χ2v) is 13.7. The lowest BCUT2D eigenvalue weighted by molar-refractivity contribution is -0.0857.